The third-order valence-electron chi connectivity index (χ3n) is 5.18. The van der Waals surface area contributed by atoms with E-state index in [2.05, 4.69) is 10.2 Å². The zero-order valence-electron chi connectivity index (χ0n) is 16.4. The largest absolute Gasteiger partial charge is 0.504 e. The molecule has 0 radical (unpaired) electrons. The second kappa shape index (κ2) is 7.97. The fraction of sp³-hybridized carbons (Fsp3) is 0.273. The Hall–Kier alpha value is -3.32. The second-order valence-corrected chi connectivity index (χ2v) is 6.91. The predicted octanol–water partition coefficient (Wildman–Crippen LogP) is 3.37. The number of phenolic OH excluding ortho intramolecular Hbond substituents is 1. The van der Waals surface area contributed by atoms with Gasteiger partial charge in [-0.05, 0) is 24.1 Å². The van der Waals surface area contributed by atoms with Crippen LogP contribution in [0.25, 0.3) is 11.3 Å². The average molecular weight is 393 g/mol. The number of carbonyl (C=O) groups excluding carboxylic acids is 1. The monoisotopic (exact) mass is 393 g/mol. The molecule has 1 atom stereocenters. The molecule has 4 rings (SSSR count). The van der Waals surface area contributed by atoms with Crippen LogP contribution in [-0.4, -0.2) is 53.5 Å². The average Bonchev–Trinajstić information content (AvgIpc) is 3.29. The zero-order valence-corrected chi connectivity index (χ0v) is 16.4. The minimum Gasteiger partial charge on any atom is -0.504 e. The van der Waals surface area contributed by atoms with Crippen LogP contribution in [0.4, 0.5) is 0 Å². The van der Waals surface area contributed by atoms with Gasteiger partial charge in [0, 0.05) is 31.4 Å². The highest BCUT2D eigenvalue weighted by atomic mass is 16.5. The van der Waals surface area contributed by atoms with E-state index in [9.17, 15) is 9.90 Å². The molecule has 150 valence electrons. The second-order valence-electron chi connectivity index (χ2n) is 6.91. The number of aromatic hydroxyl groups is 1. The SMILES string of the molecule is COCCCN1C(=O)c2[nH]nc(-c3ccccc3)c2C1c1ccc(O)c(OC)c1. The number of aromatic nitrogens is 2. The molecule has 1 aliphatic rings. The Morgan fingerprint density at radius 1 is 1.17 bits per heavy atom. The van der Waals surface area contributed by atoms with Gasteiger partial charge >= 0.3 is 0 Å². The molecule has 1 unspecified atom stereocenters. The summed E-state index contributed by atoms with van der Waals surface area (Å²) in [6.07, 6.45) is 0.715. The quantitative estimate of drug-likeness (QED) is 0.601. The molecule has 3 aromatic rings. The van der Waals surface area contributed by atoms with Crippen molar-refractivity contribution in [2.24, 2.45) is 0 Å². The molecular formula is C22H23N3O4. The van der Waals surface area contributed by atoms with Crippen molar-refractivity contribution in [3.05, 3.63) is 65.4 Å². The number of amides is 1. The lowest BCUT2D eigenvalue weighted by atomic mass is 9.95. The number of H-pyrrole nitrogens is 1. The van der Waals surface area contributed by atoms with Gasteiger partial charge in [-0.3, -0.25) is 9.89 Å². The predicted molar refractivity (Wildman–Crippen MR) is 108 cm³/mol. The molecule has 7 heteroatoms. The summed E-state index contributed by atoms with van der Waals surface area (Å²) < 4.78 is 10.5. The van der Waals surface area contributed by atoms with Crippen LogP contribution in [0.15, 0.2) is 48.5 Å². The maximum absolute atomic E-state index is 13.2. The summed E-state index contributed by atoms with van der Waals surface area (Å²) in [6, 6.07) is 14.6. The van der Waals surface area contributed by atoms with Crippen LogP contribution in [0, 0.1) is 0 Å². The number of fused-ring (bicyclic) bond motifs is 1. The van der Waals surface area contributed by atoms with Gasteiger partial charge in [0.15, 0.2) is 11.5 Å². The van der Waals surface area contributed by atoms with Gasteiger partial charge in [0.1, 0.15) is 5.69 Å². The van der Waals surface area contributed by atoms with Crippen molar-refractivity contribution >= 4 is 5.91 Å². The van der Waals surface area contributed by atoms with E-state index in [4.69, 9.17) is 9.47 Å². The molecule has 1 aliphatic heterocycles. The molecule has 0 bridgehead atoms. The first-order valence-electron chi connectivity index (χ1n) is 9.46. The Kier molecular flexibility index (Phi) is 5.22. The van der Waals surface area contributed by atoms with Gasteiger partial charge in [0.05, 0.1) is 18.8 Å². The van der Waals surface area contributed by atoms with Gasteiger partial charge in [-0.1, -0.05) is 36.4 Å². The van der Waals surface area contributed by atoms with Crippen molar-refractivity contribution in [2.45, 2.75) is 12.5 Å². The lowest BCUT2D eigenvalue weighted by molar-refractivity contribution is 0.0723. The van der Waals surface area contributed by atoms with Gasteiger partial charge in [-0.2, -0.15) is 5.10 Å². The van der Waals surface area contributed by atoms with Crippen molar-refractivity contribution in [1.29, 1.82) is 0 Å². The van der Waals surface area contributed by atoms with Crippen LogP contribution in [0.3, 0.4) is 0 Å². The number of nitrogens with zero attached hydrogens (tertiary/aromatic N) is 2. The van der Waals surface area contributed by atoms with Crippen LogP contribution in [0.2, 0.25) is 0 Å². The van der Waals surface area contributed by atoms with Crippen LogP contribution in [-0.2, 0) is 4.74 Å². The smallest absolute Gasteiger partial charge is 0.273 e. The number of aromatic amines is 1. The van der Waals surface area contributed by atoms with Crippen LogP contribution in [0.1, 0.15) is 34.1 Å². The number of nitrogens with one attached hydrogen (secondary N) is 1. The fourth-order valence-corrected chi connectivity index (χ4v) is 3.83. The van der Waals surface area contributed by atoms with Gasteiger partial charge in [0.25, 0.3) is 5.91 Å². The Labute approximate surface area is 168 Å². The lowest BCUT2D eigenvalue weighted by Crippen LogP contribution is -2.31. The number of hydrogen-bond acceptors (Lipinski definition) is 5. The van der Waals surface area contributed by atoms with E-state index in [1.807, 2.05) is 41.3 Å². The molecule has 0 saturated carbocycles. The lowest BCUT2D eigenvalue weighted by Gasteiger charge is -2.26. The van der Waals surface area contributed by atoms with E-state index >= 15 is 0 Å². The van der Waals surface area contributed by atoms with E-state index in [1.165, 1.54) is 7.11 Å². The molecule has 7 nitrogen and oxygen atoms in total. The molecule has 29 heavy (non-hydrogen) atoms. The Balaban J connectivity index is 1.83. The minimum absolute atomic E-state index is 0.0576. The zero-order chi connectivity index (χ0) is 20.4. The maximum atomic E-state index is 13.2. The highest BCUT2D eigenvalue weighted by molar-refractivity contribution is 6.00. The Morgan fingerprint density at radius 3 is 2.69 bits per heavy atom. The number of hydrogen-bond donors (Lipinski definition) is 2. The standard InChI is InChI=1S/C22H23N3O4/c1-28-12-6-11-25-21(15-9-10-16(26)17(13-15)29-2)18-19(14-7-4-3-5-8-14)23-24-20(18)22(25)27/h3-5,7-10,13,21,26H,6,11-12H2,1-2H3,(H,23,24). The highest BCUT2D eigenvalue weighted by Crippen LogP contribution is 2.44. The summed E-state index contributed by atoms with van der Waals surface area (Å²) in [6.45, 7) is 1.10. The van der Waals surface area contributed by atoms with Crippen LogP contribution < -0.4 is 4.74 Å². The number of phenols is 1. The molecule has 2 aromatic carbocycles. The van der Waals surface area contributed by atoms with Gasteiger partial charge in [-0.25, -0.2) is 0 Å². The maximum Gasteiger partial charge on any atom is 0.273 e. The molecule has 0 saturated heterocycles. The molecule has 2 heterocycles. The molecular weight excluding hydrogens is 370 g/mol. The number of carbonyl (C=O) groups is 1. The van der Waals surface area contributed by atoms with Crippen molar-refractivity contribution in [2.75, 3.05) is 27.4 Å². The van der Waals surface area contributed by atoms with Crippen molar-refractivity contribution in [1.82, 2.24) is 15.1 Å². The molecule has 0 aliphatic carbocycles. The number of benzene rings is 2. The van der Waals surface area contributed by atoms with E-state index < -0.39 is 0 Å². The number of methoxy groups -OCH3 is 2. The first kappa shape index (κ1) is 19.0. The summed E-state index contributed by atoms with van der Waals surface area (Å²) in [5.74, 6) is 0.329. The van der Waals surface area contributed by atoms with E-state index in [0.29, 0.717) is 31.0 Å². The molecule has 0 fully saturated rings. The molecule has 0 spiro atoms. The fourth-order valence-electron chi connectivity index (χ4n) is 3.83. The van der Waals surface area contributed by atoms with E-state index in [0.717, 1.165) is 22.4 Å². The summed E-state index contributed by atoms with van der Waals surface area (Å²) in [7, 11) is 3.15. The van der Waals surface area contributed by atoms with Crippen LogP contribution >= 0.6 is 0 Å². The third-order valence-corrected chi connectivity index (χ3v) is 5.18. The molecule has 2 N–H and O–H groups in total. The van der Waals surface area contributed by atoms with Crippen LogP contribution in [0.5, 0.6) is 11.5 Å². The summed E-state index contributed by atoms with van der Waals surface area (Å²) >= 11 is 0. The third kappa shape index (κ3) is 3.34. The Bertz CT molecular complexity index is 1020. The van der Waals surface area contributed by atoms with E-state index in [1.54, 1.807) is 19.2 Å². The van der Waals surface area contributed by atoms with E-state index in [-0.39, 0.29) is 17.7 Å². The van der Waals surface area contributed by atoms with Gasteiger partial charge in [-0.15, -0.1) is 0 Å². The minimum atomic E-state index is -0.335. The summed E-state index contributed by atoms with van der Waals surface area (Å²) in [4.78, 5) is 15.0. The molecule has 1 amide bonds. The number of rotatable bonds is 7. The highest BCUT2D eigenvalue weighted by Gasteiger charge is 2.42. The van der Waals surface area contributed by atoms with Crippen molar-refractivity contribution < 1.29 is 19.4 Å². The summed E-state index contributed by atoms with van der Waals surface area (Å²) in [5, 5.41) is 17.4. The topological polar surface area (TPSA) is 87.7 Å². The first-order valence-corrected chi connectivity index (χ1v) is 9.46. The van der Waals surface area contributed by atoms with Crippen molar-refractivity contribution in [3.63, 3.8) is 0 Å². The summed E-state index contributed by atoms with van der Waals surface area (Å²) in [5.41, 5.74) is 3.87. The Morgan fingerprint density at radius 2 is 1.97 bits per heavy atom. The first-order chi connectivity index (χ1) is 14.2. The van der Waals surface area contributed by atoms with Crippen molar-refractivity contribution in [3.8, 4) is 22.8 Å². The normalized spacial score (nSPS) is 15.6. The van der Waals surface area contributed by atoms with Gasteiger partial charge in [0.2, 0.25) is 0 Å². The molecule has 1 aromatic heterocycles. The number of ether oxygens (including phenoxy) is 2. The van der Waals surface area contributed by atoms with Gasteiger partial charge < -0.3 is 19.5 Å².